The molecule has 0 saturated heterocycles. The predicted molar refractivity (Wildman–Crippen MR) is 199 cm³/mol. The Hall–Kier alpha value is -5.17. The molecule has 0 aliphatic heterocycles. The summed E-state index contributed by atoms with van der Waals surface area (Å²) in [4.78, 5) is 23.1. The van der Waals surface area contributed by atoms with E-state index in [1.165, 1.54) is 11.1 Å². The molecule has 3 aromatic heterocycles. The van der Waals surface area contributed by atoms with Gasteiger partial charge in [0.05, 0.1) is 5.69 Å². The number of rotatable bonds is 13. The van der Waals surface area contributed by atoms with Crippen molar-refractivity contribution in [3.8, 4) is 0 Å². The molecule has 5 rings (SSSR count). The lowest BCUT2D eigenvalue weighted by Gasteiger charge is -2.35. The SMILES string of the molecule is C=C/C(=C(\C=C/C)CC)c1cc2cc(NC(=O)c3cc(C)[nH]n3)ncc2c(N(B(C)Cc2ccccc2)B(C)Cc2ccccc2)n1. The molecule has 0 spiro atoms. The number of aromatic amines is 1. The largest absolute Gasteiger partial charge is 0.444 e. The third-order valence-electron chi connectivity index (χ3n) is 8.39. The van der Waals surface area contributed by atoms with Gasteiger partial charge in [0.1, 0.15) is 11.6 Å². The number of benzene rings is 2. The number of carbonyl (C=O) groups is 1. The van der Waals surface area contributed by atoms with E-state index in [0.717, 1.165) is 58.2 Å². The molecule has 5 aromatic rings. The van der Waals surface area contributed by atoms with Crippen molar-refractivity contribution in [1.29, 1.82) is 0 Å². The number of carbonyl (C=O) groups excluding carboxylic acids is 1. The maximum atomic E-state index is 13.0. The molecule has 3 heterocycles. The normalized spacial score (nSPS) is 11.8. The monoisotopic (exact) mass is 620 g/mol. The minimum Gasteiger partial charge on any atom is -0.444 e. The van der Waals surface area contributed by atoms with E-state index in [1.54, 1.807) is 6.07 Å². The lowest BCUT2D eigenvalue weighted by Crippen LogP contribution is -2.50. The van der Waals surface area contributed by atoms with Gasteiger partial charge in [-0.05, 0) is 62.1 Å². The van der Waals surface area contributed by atoms with Crippen LogP contribution in [0.1, 0.15) is 53.3 Å². The molecule has 0 bridgehead atoms. The van der Waals surface area contributed by atoms with Crippen LogP contribution in [-0.2, 0) is 12.6 Å². The molecular formula is C38H42B2N6O. The Morgan fingerprint density at radius 2 is 1.60 bits per heavy atom. The van der Waals surface area contributed by atoms with Crippen LogP contribution in [-0.4, -0.2) is 39.8 Å². The molecular weight excluding hydrogens is 578 g/mol. The van der Waals surface area contributed by atoms with E-state index in [4.69, 9.17) is 9.97 Å². The zero-order valence-corrected chi connectivity index (χ0v) is 28.0. The highest BCUT2D eigenvalue weighted by atomic mass is 16.2. The van der Waals surface area contributed by atoms with Crippen LogP contribution < -0.4 is 10.0 Å². The van der Waals surface area contributed by atoms with E-state index in [-0.39, 0.29) is 19.6 Å². The van der Waals surface area contributed by atoms with Crippen molar-refractivity contribution in [2.45, 2.75) is 53.5 Å². The average Bonchev–Trinajstić information content (AvgIpc) is 3.52. The summed E-state index contributed by atoms with van der Waals surface area (Å²) in [7, 11) is 0. The second-order valence-corrected chi connectivity index (χ2v) is 12.0. The van der Waals surface area contributed by atoms with Gasteiger partial charge in [0.2, 0.25) is 13.7 Å². The standard InChI is InChI=1S/C38H42B2N6O/c1-7-16-30(8-2)32(9-3)34-22-31-23-36(43-38(47)35-21-27(4)44-45-35)41-26-33(31)37(42-34)46(39(5)24-28-17-12-10-13-18-28)40(6)25-29-19-14-11-15-20-29/h7,9-23,26H,3,8,24-25H2,1-2,4-6H3,(H,44,45)(H,41,43,47)/b16-7-,32-30+. The maximum Gasteiger partial charge on any atom is 0.277 e. The summed E-state index contributed by atoms with van der Waals surface area (Å²) in [6.07, 6.45) is 10.4. The molecule has 7 nitrogen and oxygen atoms in total. The van der Waals surface area contributed by atoms with Crippen molar-refractivity contribution < 1.29 is 4.79 Å². The molecule has 0 unspecified atom stereocenters. The minimum absolute atomic E-state index is 0.113. The van der Waals surface area contributed by atoms with Crippen LogP contribution in [0.2, 0.25) is 13.6 Å². The Morgan fingerprint density at radius 3 is 2.13 bits per heavy atom. The third-order valence-corrected chi connectivity index (χ3v) is 8.39. The fourth-order valence-corrected chi connectivity index (χ4v) is 6.21. The van der Waals surface area contributed by atoms with Crippen LogP contribution in [0.15, 0.2) is 115 Å². The topological polar surface area (TPSA) is 86.8 Å². The molecule has 0 aliphatic rings. The molecule has 47 heavy (non-hydrogen) atoms. The Balaban J connectivity index is 1.68. The Labute approximate surface area is 279 Å². The number of allylic oxidation sites excluding steroid dienone is 5. The number of pyridine rings is 2. The van der Waals surface area contributed by atoms with E-state index >= 15 is 0 Å². The Kier molecular flexibility index (Phi) is 10.9. The lowest BCUT2D eigenvalue weighted by molar-refractivity contribution is 0.102. The number of aryl methyl sites for hydroxylation is 1. The van der Waals surface area contributed by atoms with Crippen LogP contribution in [0.25, 0.3) is 16.3 Å². The second-order valence-electron chi connectivity index (χ2n) is 12.0. The Bertz CT molecular complexity index is 1850. The van der Waals surface area contributed by atoms with Gasteiger partial charge in [-0.3, -0.25) is 9.89 Å². The van der Waals surface area contributed by atoms with Gasteiger partial charge in [-0.15, -0.1) is 0 Å². The highest BCUT2D eigenvalue weighted by Gasteiger charge is 2.30. The van der Waals surface area contributed by atoms with E-state index < -0.39 is 0 Å². The molecule has 9 heteroatoms. The highest BCUT2D eigenvalue weighted by molar-refractivity contribution is 6.82. The van der Waals surface area contributed by atoms with Crippen LogP contribution in [0.4, 0.5) is 11.6 Å². The zero-order valence-electron chi connectivity index (χ0n) is 28.0. The smallest absolute Gasteiger partial charge is 0.277 e. The summed E-state index contributed by atoms with van der Waals surface area (Å²) in [5.41, 5.74) is 6.62. The van der Waals surface area contributed by atoms with E-state index in [2.05, 4.69) is 126 Å². The Morgan fingerprint density at radius 1 is 0.957 bits per heavy atom. The first-order valence-electron chi connectivity index (χ1n) is 16.3. The quantitative estimate of drug-likeness (QED) is 0.102. The molecule has 0 atom stereocenters. The van der Waals surface area contributed by atoms with Crippen molar-refractivity contribution in [3.63, 3.8) is 0 Å². The van der Waals surface area contributed by atoms with Crippen LogP contribution in [0.3, 0.4) is 0 Å². The first-order chi connectivity index (χ1) is 22.8. The number of anilines is 2. The molecule has 0 saturated carbocycles. The number of fused-ring (bicyclic) bond motifs is 1. The summed E-state index contributed by atoms with van der Waals surface area (Å²) in [6, 6.07) is 26.9. The van der Waals surface area contributed by atoms with Crippen molar-refractivity contribution in [1.82, 2.24) is 20.2 Å². The van der Waals surface area contributed by atoms with Gasteiger partial charge >= 0.3 is 0 Å². The number of H-pyrrole nitrogens is 1. The van der Waals surface area contributed by atoms with Gasteiger partial charge < -0.3 is 10.0 Å². The van der Waals surface area contributed by atoms with Gasteiger partial charge in [-0.25, -0.2) is 9.97 Å². The summed E-state index contributed by atoms with van der Waals surface area (Å²) in [5.74, 6) is 0.979. The highest BCUT2D eigenvalue weighted by Crippen LogP contribution is 2.33. The first-order valence-corrected chi connectivity index (χ1v) is 16.3. The molecule has 2 N–H and O–H groups in total. The molecule has 1 amide bonds. The van der Waals surface area contributed by atoms with Gasteiger partial charge in [0, 0.05) is 22.9 Å². The van der Waals surface area contributed by atoms with Crippen LogP contribution in [0.5, 0.6) is 0 Å². The van der Waals surface area contributed by atoms with Gasteiger partial charge in [0.15, 0.2) is 5.69 Å². The first kappa shape index (κ1) is 33.2. The van der Waals surface area contributed by atoms with E-state index in [9.17, 15) is 4.79 Å². The molecule has 0 aliphatic carbocycles. The number of hydrogen-bond acceptors (Lipinski definition) is 5. The van der Waals surface area contributed by atoms with Crippen LogP contribution in [0, 0.1) is 6.92 Å². The summed E-state index contributed by atoms with van der Waals surface area (Å²) >= 11 is 0. The van der Waals surface area contributed by atoms with Crippen LogP contribution >= 0.6 is 0 Å². The average molecular weight is 620 g/mol. The van der Waals surface area contributed by atoms with Crippen molar-refractivity contribution in [2.24, 2.45) is 0 Å². The van der Waals surface area contributed by atoms with Crippen molar-refractivity contribution in [2.75, 3.05) is 10.0 Å². The van der Waals surface area contributed by atoms with Crippen molar-refractivity contribution >= 4 is 47.6 Å². The fourth-order valence-electron chi connectivity index (χ4n) is 6.21. The third kappa shape index (κ3) is 7.98. The van der Waals surface area contributed by atoms with Gasteiger partial charge in [-0.2, -0.15) is 5.10 Å². The fraction of sp³-hybridized carbons (Fsp3) is 0.211. The molecule has 0 fully saturated rings. The van der Waals surface area contributed by atoms with Gasteiger partial charge in [-0.1, -0.05) is 117 Å². The second kappa shape index (κ2) is 15.4. The number of nitrogens with zero attached hydrogens (tertiary/aromatic N) is 4. The number of hydrogen-bond donors (Lipinski definition) is 2. The van der Waals surface area contributed by atoms with Crippen molar-refractivity contribution in [3.05, 3.63) is 144 Å². The summed E-state index contributed by atoms with van der Waals surface area (Å²) in [5, 5.41) is 11.7. The predicted octanol–water partition coefficient (Wildman–Crippen LogP) is 8.45. The van der Waals surface area contributed by atoms with E-state index in [1.807, 2.05) is 32.2 Å². The van der Waals surface area contributed by atoms with E-state index in [0.29, 0.717) is 11.5 Å². The number of aromatic nitrogens is 4. The molecule has 2 aromatic carbocycles. The number of nitrogens with one attached hydrogen (secondary N) is 2. The molecule has 236 valence electrons. The minimum atomic E-state index is -0.321. The summed E-state index contributed by atoms with van der Waals surface area (Å²) < 4.78 is 2.44. The summed E-state index contributed by atoms with van der Waals surface area (Å²) in [6.45, 7) is 15.0. The van der Waals surface area contributed by atoms with Gasteiger partial charge in [0.25, 0.3) is 5.91 Å². The lowest BCUT2D eigenvalue weighted by atomic mass is 9.45. The maximum absolute atomic E-state index is 13.0. The molecule has 0 radical (unpaired) electrons. The number of amides is 1. The zero-order chi connectivity index (χ0) is 33.3.